The summed E-state index contributed by atoms with van der Waals surface area (Å²) in [6.07, 6.45) is 6.38. The summed E-state index contributed by atoms with van der Waals surface area (Å²) in [6, 6.07) is 8.44. The molecule has 1 unspecified atom stereocenters. The van der Waals surface area contributed by atoms with Crippen LogP contribution in [0.5, 0.6) is 0 Å². The fraction of sp³-hybridized carbons (Fsp3) is 0.471. The highest BCUT2D eigenvalue weighted by molar-refractivity contribution is 5.94. The fourth-order valence-corrected chi connectivity index (χ4v) is 3.03. The van der Waals surface area contributed by atoms with Gasteiger partial charge in [-0.05, 0) is 50.7 Å². The van der Waals surface area contributed by atoms with Gasteiger partial charge in [0.2, 0.25) is 0 Å². The Morgan fingerprint density at radius 1 is 1.19 bits per heavy atom. The van der Waals surface area contributed by atoms with E-state index in [-0.39, 0.29) is 5.91 Å². The van der Waals surface area contributed by atoms with Gasteiger partial charge in [-0.25, -0.2) is 4.98 Å². The third-order valence-corrected chi connectivity index (χ3v) is 4.59. The Bertz CT molecular complexity index is 691. The number of para-hydroxylation sites is 2. The average molecular weight is 281 g/mol. The van der Waals surface area contributed by atoms with E-state index in [0.717, 1.165) is 23.9 Å². The smallest absolute Gasteiger partial charge is 0.274 e. The van der Waals surface area contributed by atoms with Gasteiger partial charge in [0.05, 0.1) is 17.2 Å². The first-order valence-electron chi connectivity index (χ1n) is 7.78. The van der Waals surface area contributed by atoms with Crippen molar-refractivity contribution in [3.8, 4) is 0 Å². The van der Waals surface area contributed by atoms with Crippen LogP contribution in [0.4, 0.5) is 0 Å². The van der Waals surface area contributed by atoms with Crippen molar-refractivity contribution in [2.75, 3.05) is 0 Å². The molecule has 1 amide bonds. The van der Waals surface area contributed by atoms with Crippen molar-refractivity contribution < 1.29 is 4.79 Å². The van der Waals surface area contributed by atoms with Crippen LogP contribution in [0, 0.1) is 5.92 Å². The van der Waals surface area contributed by atoms with Crippen molar-refractivity contribution in [2.24, 2.45) is 5.92 Å². The normalized spacial score (nSPS) is 19.5. The molecule has 0 radical (unpaired) electrons. The number of fused-ring (bicyclic) bond motifs is 1. The summed E-state index contributed by atoms with van der Waals surface area (Å²) in [5.41, 5.74) is 2.11. The first kappa shape index (κ1) is 12.7. The van der Waals surface area contributed by atoms with Gasteiger partial charge < -0.3 is 4.90 Å². The lowest BCUT2D eigenvalue weighted by Crippen LogP contribution is -2.42. The maximum atomic E-state index is 12.9. The predicted octanol–water partition coefficient (Wildman–Crippen LogP) is 3.03. The van der Waals surface area contributed by atoms with E-state index in [0.29, 0.717) is 23.7 Å². The Morgan fingerprint density at radius 3 is 2.57 bits per heavy atom. The highest BCUT2D eigenvalue weighted by Gasteiger charge is 2.42. The van der Waals surface area contributed by atoms with E-state index in [1.165, 1.54) is 12.8 Å². The zero-order valence-electron chi connectivity index (χ0n) is 12.2. The van der Waals surface area contributed by atoms with Gasteiger partial charge in [-0.15, -0.1) is 0 Å². The second-order valence-electron chi connectivity index (χ2n) is 6.27. The topological polar surface area (TPSA) is 46.1 Å². The number of carbonyl (C=O) groups excluding carboxylic acids is 1. The van der Waals surface area contributed by atoms with E-state index in [1.54, 1.807) is 6.20 Å². The summed E-state index contributed by atoms with van der Waals surface area (Å²) in [7, 11) is 0. The van der Waals surface area contributed by atoms with Crippen LogP contribution in [-0.4, -0.2) is 32.9 Å². The molecule has 0 aliphatic heterocycles. The van der Waals surface area contributed by atoms with Gasteiger partial charge in [-0.2, -0.15) is 0 Å². The Hall–Kier alpha value is -1.97. The molecule has 0 saturated heterocycles. The van der Waals surface area contributed by atoms with E-state index in [2.05, 4.69) is 21.8 Å². The third kappa shape index (κ3) is 2.39. The number of aromatic nitrogens is 2. The van der Waals surface area contributed by atoms with Gasteiger partial charge in [-0.1, -0.05) is 12.1 Å². The Labute approximate surface area is 124 Å². The molecule has 108 valence electrons. The van der Waals surface area contributed by atoms with Crippen LogP contribution in [-0.2, 0) is 0 Å². The summed E-state index contributed by atoms with van der Waals surface area (Å²) in [6.45, 7) is 2.18. The minimum absolute atomic E-state index is 0.0511. The molecule has 0 bridgehead atoms. The fourth-order valence-electron chi connectivity index (χ4n) is 3.03. The van der Waals surface area contributed by atoms with E-state index < -0.39 is 0 Å². The molecule has 0 spiro atoms. The van der Waals surface area contributed by atoms with Crippen LogP contribution in [0.2, 0.25) is 0 Å². The summed E-state index contributed by atoms with van der Waals surface area (Å²) in [4.78, 5) is 23.8. The lowest BCUT2D eigenvalue weighted by atomic mass is 10.1. The van der Waals surface area contributed by atoms with Crippen molar-refractivity contribution in [1.29, 1.82) is 0 Å². The molecule has 1 aromatic carbocycles. The molecule has 4 nitrogen and oxygen atoms in total. The zero-order valence-corrected chi connectivity index (χ0v) is 12.2. The average Bonchev–Trinajstić information content (AvgIpc) is 3.39. The van der Waals surface area contributed by atoms with Crippen molar-refractivity contribution >= 4 is 16.9 Å². The van der Waals surface area contributed by atoms with E-state index >= 15 is 0 Å². The van der Waals surface area contributed by atoms with Crippen molar-refractivity contribution in [1.82, 2.24) is 14.9 Å². The Balaban J connectivity index is 1.66. The van der Waals surface area contributed by atoms with Crippen LogP contribution >= 0.6 is 0 Å². The maximum Gasteiger partial charge on any atom is 0.274 e. The van der Waals surface area contributed by atoms with E-state index in [4.69, 9.17) is 0 Å². The summed E-state index contributed by atoms with van der Waals surface area (Å²) < 4.78 is 0. The second-order valence-corrected chi connectivity index (χ2v) is 6.27. The zero-order chi connectivity index (χ0) is 14.4. The number of carbonyl (C=O) groups is 1. The highest BCUT2D eigenvalue weighted by atomic mass is 16.2. The number of hydrogen-bond donors (Lipinski definition) is 0. The van der Waals surface area contributed by atoms with Crippen molar-refractivity contribution in [3.05, 3.63) is 36.2 Å². The molecule has 2 aromatic rings. The van der Waals surface area contributed by atoms with E-state index in [1.807, 2.05) is 24.3 Å². The Kier molecular flexibility index (Phi) is 2.91. The first-order valence-corrected chi connectivity index (χ1v) is 7.78. The Morgan fingerprint density at radius 2 is 1.90 bits per heavy atom. The molecule has 1 heterocycles. The van der Waals surface area contributed by atoms with Crippen LogP contribution in [0.15, 0.2) is 30.5 Å². The molecule has 1 aromatic heterocycles. The molecular weight excluding hydrogens is 262 g/mol. The number of nitrogens with zero attached hydrogens (tertiary/aromatic N) is 3. The second kappa shape index (κ2) is 4.79. The van der Waals surface area contributed by atoms with Crippen LogP contribution in [0.3, 0.4) is 0 Å². The molecule has 2 aliphatic rings. The SMILES string of the molecule is CC(C1CC1)N(C(=O)c1cnc2ccccc2n1)C1CC1. The largest absolute Gasteiger partial charge is 0.331 e. The van der Waals surface area contributed by atoms with Gasteiger partial charge in [0.1, 0.15) is 5.69 Å². The predicted molar refractivity (Wildman–Crippen MR) is 80.9 cm³/mol. The molecule has 2 aliphatic carbocycles. The van der Waals surface area contributed by atoms with Gasteiger partial charge in [0, 0.05) is 12.1 Å². The molecule has 4 rings (SSSR count). The minimum Gasteiger partial charge on any atom is -0.331 e. The van der Waals surface area contributed by atoms with E-state index in [9.17, 15) is 4.79 Å². The molecule has 4 heteroatoms. The van der Waals surface area contributed by atoms with Gasteiger partial charge in [0.25, 0.3) is 5.91 Å². The number of hydrogen-bond acceptors (Lipinski definition) is 3. The summed E-state index contributed by atoms with van der Waals surface area (Å²) in [5.74, 6) is 0.734. The number of benzene rings is 1. The first-order chi connectivity index (χ1) is 10.2. The molecule has 2 fully saturated rings. The molecule has 1 atom stereocenters. The van der Waals surface area contributed by atoms with Crippen molar-refractivity contribution in [3.63, 3.8) is 0 Å². The summed E-state index contributed by atoms with van der Waals surface area (Å²) >= 11 is 0. The highest BCUT2D eigenvalue weighted by Crippen LogP contribution is 2.40. The third-order valence-electron chi connectivity index (χ3n) is 4.59. The standard InChI is InChI=1S/C17H19N3O/c1-11(12-6-7-12)20(13-8-9-13)17(21)16-10-18-14-4-2-3-5-15(14)19-16/h2-5,10-13H,6-9H2,1H3. The molecular formula is C17H19N3O. The van der Waals surface area contributed by atoms with Gasteiger partial charge in [0.15, 0.2) is 0 Å². The minimum atomic E-state index is 0.0511. The van der Waals surface area contributed by atoms with Crippen LogP contribution in [0.1, 0.15) is 43.1 Å². The van der Waals surface area contributed by atoms with Crippen molar-refractivity contribution in [2.45, 2.75) is 44.7 Å². The number of amides is 1. The van der Waals surface area contributed by atoms with Gasteiger partial charge >= 0.3 is 0 Å². The quantitative estimate of drug-likeness (QED) is 0.865. The molecule has 21 heavy (non-hydrogen) atoms. The summed E-state index contributed by atoms with van der Waals surface area (Å²) in [5, 5.41) is 0. The van der Waals surface area contributed by atoms with Crippen LogP contribution < -0.4 is 0 Å². The lowest BCUT2D eigenvalue weighted by molar-refractivity contribution is 0.0648. The molecule has 2 saturated carbocycles. The van der Waals surface area contributed by atoms with Gasteiger partial charge in [-0.3, -0.25) is 9.78 Å². The van der Waals surface area contributed by atoms with Crippen LogP contribution in [0.25, 0.3) is 11.0 Å². The number of rotatable bonds is 4. The lowest BCUT2D eigenvalue weighted by Gasteiger charge is -2.29. The monoisotopic (exact) mass is 281 g/mol. The molecule has 0 N–H and O–H groups in total. The maximum absolute atomic E-state index is 12.9.